The standard InChI is InChI=1S/C24H21N3O5/c1-14-16(3-2-4-20(14)28)6-9-21(29)25-12-15-5-7-18-17(11-15)13-27(24(18)32)19-8-10-22(30)26-23(19)31/h2-5,7,11,19,28H,8,10,12-13H2,1H3,(H,25,29)(H,26,30,31). The molecule has 0 radical (unpaired) electrons. The van der Waals surface area contributed by atoms with E-state index in [9.17, 15) is 24.3 Å². The third kappa shape index (κ3) is 4.18. The fourth-order valence-corrected chi connectivity index (χ4v) is 3.85. The molecule has 0 aliphatic carbocycles. The lowest BCUT2D eigenvalue weighted by molar-refractivity contribution is -0.137. The van der Waals surface area contributed by atoms with Gasteiger partial charge in [-0.1, -0.05) is 24.1 Å². The largest absolute Gasteiger partial charge is 0.508 e. The summed E-state index contributed by atoms with van der Waals surface area (Å²) in [5, 5.41) is 14.7. The van der Waals surface area contributed by atoms with Gasteiger partial charge < -0.3 is 15.3 Å². The highest BCUT2D eigenvalue weighted by molar-refractivity contribution is 6.05. The number of fused-ring (bicyclic) bond motifs is 1. The number of phenolic OH excluding ortho intramolecular Hbond substituents is 1. The second kappa shape index (κ2) is 8.55. The molecule has 0 saturated carbocycles. The average molecular weight is 431 g/mol. The van der Waals surface area contributed by atoms with Crippen LogP contribution in [-0.2, 0) is 27.5 Å². The summed E-state index contributed by atoms with van der Waals surface area (Å²) in [6.07, 6.45) is 0.515. The van der Waals surface area contributed by atoms with Gasteiger partial charge in [0.15, 0.2) is 0 Å². The Labute approximate surface area is 184 Å². The molecule has 1 saturated heterocycles. The number of hydrogen-bond acceptors (Lipinski definition) is 5. The molecule has 2 aliphatic rings. The zero-order chi connectivity index (χ0) is 22.8. The van der Waals surface area contributed by atoms with Crippen molar-refractivity contribution in [2.24, 2.45) is 0 Å². The van der Waals surface area contributed by atoms with Crippen LogP contribution in [0.3, 0.4) is 0 Å². The molecule has 4 amide bonds. The molecule has 1 unspecified atom stereocenters. The molecule has 1 atom stereocenters. The first-order valence-corrected chi connectivity index (χ1v) is 10.2. The van der Waals surface area contributed by atoms with Crippen LogP contribution in [0.2, 0.25) is 0 Å². The van der Waals surface area contributed by atoms with E-state index in [4.69, 9.17) is 0 Å². The summed E-state index contributed by atoms with van der Waals surface area (Å²) in [5.41, 5.74) is 3.27. The maximum atomic E-state index is 12.7. The molecular formula is C24H21N3O5. The quantitative estimate of drug-likeness (QED) is 0.498. The predicted molar refractivity (Wildman–Crippen MR) is 114 cm³/mol. The zero-order valence-electron chi connectivity index (χ0n) is 17.4. The van der Waals surface area contributed by atoms with E-state index in [1.807, 2.05) is 6.07 Å². The predicted octanol–water partition coefficient (Wildman–Crippen LogP) is 1.13. The molecule has 162 valence electrons. The molecule has 2 aromatic rings. The number of nitrogens with zero attached hydrogens (tertiary/aromatic N) is 1. The second-order valence-electron chi connectivity index (χ2n) is 7.77. The zero-order valence-corrected chi connectivity index (χ0v) is 17.4. The molecule has 2 heterocycles. The molecule has 0 spiro atoms. The van der Waals surface area contributed by atoms with Gasteiger partial charge in [0.25, 0.3) is 11.8 Å². The van der Waals surface area contributed by atoms with Gasteiger partial charge in [0.2, 0.25) is 11.8 Å². The van der Waals surface area contributed by atoms with Crippen LogP contribution in [0.15, 0.2) is 36.4 Å². The van der Waals surface area contributed by atoms with Crippen LogP contribution in [0.1, 0.15) is 45.5 Å². The topological polar surface area (TPSA) is 116 Å². The van der Waals surface area contributed by atoms with Crippen LogP contribution in [0.25, 0.3) is 0 Å². The Morgan fingerprint density at radius 3 is 2.84 bits per heavy atom. The Morgan fingerprint density at radius 2 is 2.06 bits per heavy atom. The summed E-state index contributed by atoms with van der Waals surface area (Å²) in [4.78, 5) is 49.8. The van der Waals surface area contributed by atoms with Crippen molar-refractivity contribution in [3.05, 3.63) is 64.2 Å². The van der Waals surface area contributed by atoms with Crippen molar-refractivity contribution in [1.29, 1.82) is 0 Å². The highest BCUT2D eigenvalue weighted by Gasteiger charge is 2.39. The van der Waals surface area contributed by atoms with Crippen molar-refractivity contribution in [3.63, 3.8) is 0 Å². The van der Waals surface area contributed by atoms with Gasteiger partial charge in [0.1, 0.15) is 11.8 Å². The lowest BCUT2D eigenvalue weighted by atomic mass is 10.0. The molecule has 0 bridgehead atoms. The maximum absolute atomic E-state index is 12.7. The van der Waals surface area contributed by atoms with E-state index >= 15 is 0 Å². The summed E-state index contributed by atoms with van der Waals surface area (Å²) in [6, 6.07) is 9.54. The monoisotopic (exact) mass is 431 g/mol. The fraction of sp³-hybridized carbons (Fsp3) is 0.250. The molecule has 1 fully saturated rings. The van der Waals surface area contributed by atoms with Gasteiger partial charge in [-0.05, 0) is 42.7 Å². The summed E-state index contributed by atoms with van der Waals surface area (Å²) in [6.45, 7) is 2.23. The van der Waals surface area contributed by atoms with Gasteiger partial charge in [-0.25, -0.2) is 0 Å². The molecule has 3 N–H and O–H groups in total. The molecular weight excluding hydrogens is 410 g/mol. The van der Waals surface area contributed by atoms with Gasteiger partial charge in [-0.15, -0.1) is 0 Å². The van der Waals surface area contributed by atoms with Gasteiger partial charge >= 0.3 is 0 Å². The minimum atomic E-state index is -0.660. The second-order valence-corrected chi connectivity index (χ2v) is 7.77. The minimum absolute atomic E-state index is 0.122. The van der Waals surface area contributed by atoms with Crippen LogP contribution in [-0.4, -0.2) is 39.7 Å². The molecule has 0 aromatic heterocycles. The van der Waals surface area contributed by atoms with E-state index in [1.54, 1.807) is 37.3 Å². The third-order valence-electron chi connectivity index (χ3n) is 5.66. The van der Waals surface area contributed by atoms with Crippen LogP contribution >= 0.6 is 0 Å². The van der Waals surface area contributed by atoms with Crippen LogP contribution < -0.4 is 10.6 Å². The SMILES string of the molecule is Cc1c(O)cccc1C#CC(=O)NCc1ccc2c(c1)CN(C1CCC(=O)NC1=O)C2=O. The Hall–Kier alpha value is -4.12. The van der Waals surface area contributed by atoms with E-state index in [0.29, 0.717) is 23.1 Å². The summed E-state index contributed by atoms with van der Waals surface area (Å²) in [7, 11) is 0. The average Bonchev–Trinajstić information content (AvgIpc) is 3.09. The van der Waals surface area contributed by atoms with E-state index in [0.717, 1.165) is 11.1 Å². The molecule has 2 aromatic carbocycles. The van der Waals surface area contributed by atoms with Crippen molar-refractivity contribution in [1.82, 2.24) is 15.5 Å². The summed E-state index contributed by atoms with van der Waals surface area (Å²) >= 11 is 0. The lowest BCUT2D eigenvalue weighted by Gasteiger charge is -2.29. The van der Waals surface area contributed by atoms with Crippen molar-refractivity contribution in [2.45, 2.75) is 38.9 Å². The van der Waals surface area contributed by atoms with Gasteiger partial charge in [-0.3, -0.25) is 24.5 Å². The van der Waals surface area contributed by atoms with E-state index in [2.05, 4.69) is 22.5 Å². The van der Waals surface area contributed by atoms with Crippen molar-refractivity contribution < 1.29 is 24.3 Å². The fourth-order valence-electron chi connectivity index (χ4n) is 3.85. The number of imide groups is 1. The number of nitrogens with one attached hydrogen (secondary N) is 2. The molecule has 8 nitrogen and oxygen atoms in total. The number of benzene rings is 2. The first-order valence-electron chi connectivity index (χ1n) is 10.2. The number of hydrogen-bond donors (Lipinski definition) is 3. The maximum Gasteiger partial charge on any atom is 0.296 e. The minimum Gasteiger partial charge on any atom is -0.508 e. The highest BCUT2D eigenvalue weighted by atomic mass is 16.3. The number of carbonyl (C=O) groups excluding carboxylic acids is 4. The van der Waals surface area contributed by atoms with Crippen LogP contribution in [0.5, 0.6) is 5.75 Å². The number of carbonyl (C=O) groups is 4. The first kappa shape index (κ1) is 21.1. The number of piperidine rings is 1. The van der Waals surface area contributed by atoms with E-state index in [1.165, 1.54) is 4.90 Å². The van der Waals surface area contributed by atoms with Crippen LogP contribution in [0.4, 0.5) is 0 Å². The number of amides is 4. The van der Waals surface area contributed by atoms with Crippen molar-refractivity contribution in [2.75, 3.05) is 0 Å². The lowest BCUT2D eigenvalue weighted by Crippen LogP contribution is -2.52. The molecule has 32 heavy (non-hydrogen) atoms. The van der Waals surface area contributed by atoms with Crippen molar-refractivity contribution in [3.8, 4) is 17.6 Å². The molecule has 4 rings (SSSR count). The van der Waals surface area contributed by atoms with Gasteiger partial charge in [-0.2, -0.15) is 0 Å². The summed E-state index contributed by atoms with van der Waals surface area (Å²) < 4.78 is 0. The Morgan fingerprint density at radius 1 is 1.25 bits per heavy atom. The molecule has 8 heteroatoms. The van der Waals surface area contributed by atoms with E-state index in [-0.39, 0.29) is 37.1 Å². The smallest absolute Gasteiger partial charge is 0.296 e. The van der Waals surface area contributed by atoms with E-state index < -0.39 is 17.9 Å². The third-order valence-corrected chi connectivity index (χ3v) is 5.66. The van der Waals surface area contributed by atoms with Crippen molar-refractivity contribution >= 4 is 23.6 Å². The number of rotatable bonds is 3. The molecule has 2 aliphatic heterocycles. The number of aromatic hydroxyl groups is 1. The Bertz CT molecular complexity index is 1210. The highest BCUT2D eigenvalue weighted by Crippen LogP contribution is 2.28. The van der Waals surface area contributed by atoms with Gasteiger partial charge in [0.05, 0.1) is 0 Å². The Kier molecular flexibility index (Phi) is 5.65. The summed E-state index contributed by atoms with van der Waals surface area (Å²) in [5.74, 6) is 3.91. The van der Waals surface area contributed by atoms with Crippen LogP contribution in [0, 0.1) is 18.8 Å². The Balaban J connectivity index is 1.40. The number of phenols is 1. The van der Waals surface area contributed by atoms with Gasteiger partial charge in [0, 0.05) is 42.1 Å². The normalized spacial score (nSPS) is 17.3. The first-order chi connectivity index (χ1) is 15.3.